The molecule has 0 spiro atoms. The zero-order valence-electron chi connectivity index (χ0n) is 11.5. The molecule has 114 valence electrons. The molecular formula is C14H17FN2O2S2. The lowest BCUT2D eigenvalue weighted by atomic mass is 10.1. The third-order valence-corrected chi connectivity index (χ3v) is 5.42. The molecule has 1 heterocycles. The molecule has 0 aliphatic heterocycles. The first-order valence-electron chi connectivity index (χ1n) is 6.44. The molecule has 0 aliphatic carbocycles. The largest absolute Gasteiger partial charge is 0.326 e. The molecule has 0 bridgehead atoms. The number of halogens is 1. The SMILES string of the molecule is CC(Cc1ccsc1)NS(=O)(=O)c1cc(F)ccc1CN. The Labute approximate surface area is 127 Å². The third kappa shape index (κ3) is 4.10. The monoisotopic (exact) mass is 328 g/mol. The van der Waals surface area contributed by atoms with Crippen molar-refractivity contribution in [3.05, 3.63) is 52.0 Å². The van der Waals surface area contributed by atoms with Crippen molar-refractivity contribution in [3.8, 4) is 0 Å². The second-order valence-electron chi connectivity index (χ2n) is 4.81. The molecule has 1 aromatic heterocycles. The smallest absolute Gasteiger partial charge is 0.241 e. The van der Waals surface area contributed by atoms with E-state index in [4.69, 9.17) is 5.73 Å². The Bertz CT molecular complexity index is 700. The molecule has 0 amide bonds. The van der Waals surface area contributed by atoms with Gasteiger partial charge >= 0.3 is 0 Å². The van der Waals surface area contributed by atoms with Gasteiger partial charge in [0.05, 0.1) is 4.90 Å². The normalized spacial score (nSPS) is 13.3. The molecule has 1 unspecified atom stereocenters. The Kier molecular flexibility index (Phi) is 5.10. The zero-order chi connectivity index (χ0) is 15.5. The summed E-state index contributed by atoms with van der Waals surface area (Å²) in [6, 6.07) is 5.26. The van der Waals surface area contributed by atoms with E-state index in [1.165, 1.54) is 12.1 Å². The van der Waals surface area contributed by atoms with Gasteiger partial charge in [0.25, 0.3) is 0 Å². The number of nitrogens with two attached hydrogens (primary N) is 1. The Morgan fingerprint density at radius 3 is 2.76 bits per heavy atom. The summed E-state index contributed by atoms with van der Waals surface area (Å²) in [7, 11) is -3.79. The molecule has 4 nitrogen and oxygen atoms in total. The van der Waals surface area contributed by atoms with Crippen molar-refractivity contribution >= 4 is 21.4 Å². The number of rotatable bonds is 6. The van der Waals surface area contributed by atoms with Crippen LogP contribution in [0.4, 0.5) is 4.39 Å². The number of sulfonamides is 1. The Morgan fingerprint density at radius 2 is 2.14 bits per heavy atom. The molecule has 7 heteroatoms. The molecule has 3 N–H and O–H groups in total. The van der Waals surface area contributed by atoms with Crippen LogP contribution in [0.15, 0.2) is 39.9 Å². The first-order valence-corrected chi connectivity index (χ1v) is 8.87. The molecule has 1 aromatic carbocycles. The predicted octanol–water partition coefficient (Wildman–Crippen LogP) is 2.26. The second kappa shape index (κ2) is 6.65. The van der Waals surface area contributed by atoms with Gasteiger partial charge in [0.2, 0.25) is 10.0 Å². The summed E-state index contributed by atoms with van der Waals surface area (Å²) in [5.41, 5.74) is 6.98. The van der Waals surface area contributed by atoms with Gasteiger partial charge in [-0.1, -0.05) is 6.07 Å². The highest BCUT2D eigenvalue weighted by atomic mass is 32.2. The molecule has 2 aromatic rings. The van der Waals surface area contributed by atoms with Gasteiger partial charge in [0.15, 0.2) is 0 Å². The minimum Gasteiger partial charge on any atom is -0.326 e. The van der Waals surface area contributed by atoms with Gasteiger partial charge in [-0.05, 0) is 53.4 Å². The van der Waals surface area contributed by atoms with Gasteiger partial charge in [0.1, 0.15) is 5.82 Å². The Morgan fingerprint density at radius 1 is 1.38 bits per heavy atom. The third-order valence-electron chi connectivity index (χ3n) is 3.02. The summed E-state index contributed by atoms with van der Waals surface area (Å²) in [4.78, 5) is -0.0952. The summed E-state index contributed by atoms with van der Waals surface area (Å²) in [6.07, 6.45) is 0.579. The van der Waals surface area contributed by atoms with E-state index in [-0.39, 0.29) is 17.5 Å². The van der Waals surface area contributed by atoms with Crippen LogP contribution in [0.25, 0.3) is 0 Å². The van der Waals surface area contributed by atoms with Gasteiger partial charge in [-0.3, -0.25) is 0 Å². The van der Waals surface area contributed by atoms with E-state index in [1.807, 2.05) is 16.8 Å². The number of benzene rings is 1. The summed E-state index contributed by atoms with van der Waals surface area (Å²) < 4.78 is 40.6. The fourth-order valence-electron chi connectivity index (χ4n) is 2.08. The topological polar surface area (TPSA) is 72.2 Å². The Balaban J connectivity index is 2.20. The average molecular weight is 328 g/mol. The van der Waals surface area contributed by atoms with Crippen molar-refractivity contribution in [2.75, 3.05) is 0 Å². The van der Waals surface area contributed by atoms with Crippen LogP contribution in [0, 0.1) is 5.82 Å². The standard InChI is InChI=1S/C14H17FN2O2S2/c1-10(6-11-4-5-20-9-11)17-21(18,19)14-7-13(15)3-2-12(14)8-16/h2-5,7,9-10,17H,6,8,16H2,1H3. The molecule has 0 saturated heterocycles. The van der Waals surface area contributed by atoms with Crippen molar-refractivity contribution in [1.29, 1.82) is 0 Å². The molecule has 0 aliphatic rings. The highest BCUT2D eigenvalue weighted by molar-refractivity contribution is 7.89. The number of hydrogen-bond acceptors (Lipinski definition) is 4. The van der Waals surface area contributed by atoms with E-state index in [0.717, 1.165) is 11.6 Å². The van der Waals surface area contributed by atoms with Gasteiger partial charge in [-0.2, -0.15) is 11.3 Å². The molecule has 0 fully saturated rings. The highest BCUT2D eigenvalue weighted by Gasteiger charge is 2.21. The van der Waals surface area contributed by atoms with Crippen LogP contribution < -0.4 is 10.5 Å². The first-order chi connectivity index (χ1) is 9.92. The molecule has 0 saturated carbocycles. The predicted molar refractivity (Wildman–Crippen MR) is 82.1 cm³/mol. The van der Waals surface area contributed by atoms with Gasteiger partial charge < -0.3 is 5.73 Å². The number of hydrogen-bond donors (Lipinski definition) is 2. The van der Waals surface area contributed by atoms with E-state index in [2.05, 4.69) is 4.72 Å². The van der Waals surface area contributed by atoms with E-state index in [0.29, 0.717) is 12.0 Å². The van der Waals surface area contributed by atoms with E-state index >= 15 is 0 Å². The number of thiophene rings is 1. The molecule has 2 rings (SSSR count). The van der Waals surface area contributed by atoms with Crippen molar-refractivity contribution in [3.63, 3.8) is 0 Å². The number of nitrogens with one attached hydrogen (secondary N) is 1. The molecule has 1 atom stereocenters. The summed E-state index contributed by atoms with van der Waals surface area (Å²) in [5.74, 6) is -0.599. The van der Waals surface area contributed by atoms with Gasteiger partial charge in [-0.15, -0.1) is 0 Å². The second-order valence-corrected chi connectivity index (χ2v) is 7.28. The minimum absolute atomic E-state index is 0.0371. The fourth-order valence-corrected chi connectivity index (χ4v) is 4.27. The summed E-state index contributed by atoms with van der Waals surface area (Å²) >= 11 is 1.56. The van der Waals surface area contributed by atoms with E-state index in [1.54, 1.807) is 18.3 Å². The lowest BCUT2D eigenvalue weighted by Gasteiger charge is -2.15. The quantitative estimate of drug-likeness (QED) is 0.854. The molecule has 21 heavy (non-hydrogen) atoms. The fraction of sp³-hybridized carbons (Fsp3) is 0.286. The molecule has 0 radical (unpaired) electrons. The van der Waals surface area contributed by atoms with E-state index in [9.17, 15) is 12.8 Å². The first kappa shape index (κ1) is 16.1. The lowest BCUT2D eigenvalue weighted by Crippen LogP contribution is -2.34. The maximum Gasteiger partial charge on any atom is 0.241 e. The minimum atomic E-state index is -3.79. The zero-order valence-corrected chi connectivity index (χ0v) is 13.2. The van der Waals surface area contributed by atoms with Crippen LogP contribution in [-0.4, -0.2) is 14.5 Å². The van der Waals surface area contributed by atoms with Crippen molar-refractivity contribution < 1.29 is 12.8 Å². The summed E-state index contributed by atoms with van der Waals surface area (Å²) in [6.45, 7) is 1.81. The Hall–Kier alpha value is -1.28. The van der Waals surface area contributed by atoms with Crippen molar-refractivity contribution in [2.45, 2.75) is 30.8 Å². The van der Waals surface area contributed by atoms with E-state index < -0.39 is 15.8 Å². The van der Waals surface area contributed by atoms with Crippen LogP contribution in [0.2, 0.25) is 0 Å². The molecular weight excluding hydrogens is 311 g/mol. The maximum absolute atomic E-state index is 13.3. The lowest BCUT2D eigenvalue weighted by molar-refractivity contribution is 0.556. The highest BCUT2D eigenvalue weighted by Crippen LogP contribution is 2.18. The van der Waals surface area contributed by atoms with Crippen molar-refractivity contribution in [2.24, 2.45) is 5.73 Å². The van der Waals surface area contributed by atoms with Gasteiger partial charge in [0, 0.05) is 12.6 Å². The van der Waals surface area contributed by atoms with Crippen LogP contribution in [0.1, 0.15) is 18.1 Å². The summed E-state index contributed by atoms with van der Waals surface area (Å²) in [5, 5.41) is 3.91. The van der Waals surface area contributed by atoms with Crippen LogP contribution >= 0.6 is 11.3 Å². The van der Waals surface area contributed by atoms with Gasteiger partial charge in [-0.25, -0.2) is 17.5 Å². The van der Waals surface area contributed by atoms with Crippen LogP contribution in [0.3, 0.4) is 0 Å². The average Bonchev–Trinajstić information content (AvgIpc) is 2.90. The van der Waals surface area contributed by atoms with Crippen molar-refractivity contribution in [1.82, 2.24) is 4.72 Å². The van der Waals surface area contributed by atoms with Crippen LogP contribution in [-0.2, 0) is 23.0 Å². The van der Waals surface area contributed by atoms with Crippen LogP contribution in [0.5, 0.6) is 0 Å². The maximum atomic E-state index is 13.3.